The summed E-state index contributed by atoms with van der Waals surface area (Å²) in [6.07, 6.45) is 0.276. The quantitative estimate of drug-likeness (QED) is 0.625. The minimum Gasteiger partial charge on any atom is -0.487 e. The molecule has 0 amide bonds. The molecule has 0 aliphatic rings. The number of aliphatic hydroxyl groups excluding tert-OH is 1. The second-order valence-corrected chi connectivity index (χ2v) is 4.36. The lowest BCUT2D eigenvalue weighted by Crippen LogP contribution is -2.11. The van der Waals surface area contributed by atoms with E-state index in [1.807, 2.05) is 13.8 Å². The molecule has 1 aromatic rings. The molecule has 0 aliphatic carbocycles. The fraction of sp³-hybridized carbons (Fsp3) is 0.538. The second-order valence-electron chi connectivity index (χ2n) is 4.36. The summed E-state index contributed by atoms with van der Waals surface area (Å²) in [6.45, 7) is 5.94. The molecule has 0 saturated heterocycles. The SMILES string of the molecule is CCCOc1cc(C(C)C(C)O)ccc1[N+](=O)[O-]. The van der Waals surface area contributed by atoms with E-state index in [0.29, 0.717) is 6.61 Å². The van der Waals surface area contributed by atoms with Crippen molar-refractivity contribution < 1.29 is 14.8 Å². The Bertz CT molecular complexity index is 417. The Morgan fingerprint density at radius 3 is 2.61 bits per heavy atom. The van der Waals surface area contributed by atoms with Crippen molar-refractivity contribution in [3.63, 3.8) is 0 Å². The van der Waals surface area contributed by atoms with Crippen LogP contribution in [0.2, 0.25) is 0 Å². The molecule has 0 saturated carbocycles. The molecular weight excluding hydrogens is 234 g/mol. The van der Waals surface area contributed by atoms with Crippen LogP contribution in [0.5, 0.6) is 5.75 Å². The monoisotopic (exact) mass is 253 g/mol. The van der Waals surface area contributed by atoms with Gasteiger partial charge in [-0.25, -0.2) is 0 Å². The predicted octanol–water partition coefficient (Wildman–Crippen LogP) is 2.87. The van der Waals surface area contributed by atoms with Crippen molar-refractivity contribution in [2.24, 2.45) is 0 Å². The standard InChI is InChI=1S/C13H19NO4/c1-4-7-18-13-8-11(9(2)10(3)15)5-6-12(13)14(16)17/h5-6,8-10,15H,4,7H2,1-3H3. The molecule has 18 heavy (non-hydrogen) atoms. The van der Waals surface area contributed by atoms with Crippen molar-refractivity contribution in [3.8, 4) is 5.75 Å². The van der Waals surface area contributed by atoms with Gasteiger partial charge in [-0.15, -0.1) is 0 Å². The Balaban J connectivity index is 3.08. The second kappa shape index (κ2) is 6.35. The van der Waals surface area contributed by atoms with Crippen LogP contribution >= 0.6 is 0 Å². The number of ether oxygens (including phenoxy) is 1. The number of rotatable bonds is 6. The van der Waals surface area contributed by atoms with Crippen LogP contribution in [0, 0.1) is 10.1 Å². The summed E-state index contributed by atoms with van der Waals surface area (Å²) in [6, 6.07) is 4.73. The molecule has 1 rings (SSSR count). The van der Waals surface area contributed by atoms with E-state index in [0.717, 1.165) is 12.0 Å². The third-order valence-electron chi connectivity index (χ3n) is 2.89. The molecule has 2 atom stereocenters. The maximum absolute atomic E-state index is 10.9. The van der Waals surface area contributed by atoms with Gasteiger partial charge in [0.15, 0.2) is 5.75 Å². The van der Waals surface area contributed by atoms with Crippen LogP contribution in [0.25, 0.3) is 0 Å². The number of nitrogens with zero attached hydrogens (tertiary/aromatic N) is 1. The van der Waals surface area contributed by atoms with Crippen LogP contribution < -0.4 is 4.74 Å². The van der Waals surface area contributed by atoms with E-state index in [2.05, 4.69) is 0 Å². The highest BCUT2D eigenvalue weighted by Gasteiger charge is 2.19. The van der Waals surface area contributed by atoms with Gasteiger partial charge in [-0.1, -0.05) is 19.9 Å². The van der Waals surface area contributed by atoms with Crippen molar-refractivity contribution in [1.82, 2.24) is 0 Å². The van der Waals surface area contributed by atoms with E-state index >= 15 is 0 Å². The number of nitro benzene ring substituents is 1. The van der Waals surface area contributed by atoms with Gasteiger partial charge in [-0.3, -0.25) is 10.1 Å². The Morgan fingerprint density at radius 2 is 2.11 bits per heavy atom. The van der Waals surface area contributed by atoms with Gasteiger partial charge in [0, 0.05) is 12.0 Å². The fourth-order valence-electron chi connectivity index (χ4n) is 1.57. The van der Waals surface area contributed by atoms with Crippen LogP contribution in [0.15, 0.2) is 18.2 Å². The van der Waals surface area contributed by atoms with Gasteiger partial charge < -0.3 is 9.84 Å². The van der Waals surface area contributed by atoms with Crippen LogP contribution in [-0.4, -0.2) is 22.7 Å². The molecule has 0 fully saturated rings. The van der Waals surface area contributed by atoms with Gasteiger partial charge in [0.2, 0.25) is 0 Å². The molecule has 5 nitrogen and oxygen atoms in total. The first-order chi connectivity index (χ1) is 8.47. The Hall–Kier alpha value is -1.62. The molecule has 100 valence electrons. The van der Waals surface area contributed by atoms with Gasteiger partial charge >= 0.3 is 5.69 Å². The smallest absolute Gasteiger partial charge is 0.310 e. The van der Waals surface area contributed by atoms with Crippen molar-refractivity contribution >= 4 is 5.69 Å². The maximum atomic E-state index is 10.9. The molecular formula is C13H19NO4. The number of benzene rings is 1. The summed E-state index contributed by atoms with van der Waals surface area (Å²) in [4.78, 5) is 10.4. The number of hydrogen-bond acceptors (Lipinski definition) is 4. The van der Waals surface area contributed by atoms with E-state index in [-0.39, 0.29) is 17.4 Å². The number of hydrogen-bond donors (Lipinski definition) is 1. The molecule has 2 unspecified atom stereocenters. The number of aliphatic hydroxyl groups is 1. The molecule has 0 heterocycles. The normalized spacial score (nSPS) is 14.0. The minimum absolute atomic E-state index is 0.0370. The van der Waals surface area contributed by atoms with Gasteiger partial charge in [-0.2, -0.15) is 0 Å². The molecule has 0 radical (unpaired) electrons. The van der Waals surface area contributed by atoms with Crippen LogP contribution in [0.3, 0.4) is 0 Å². The zero-order valence-electron chi connectivity index (χ0n) is 10.9. The lowest BCUT2D eigenvalue weighted by atomic mass is 9.96. The third-order valence-corrected chi connectivity index (χ3v) is 2.89. The van der Waals surface area contributed by atoms with Crippen molar-refractivity contribution in [3.05, 3.63) is 33.9 Å². The average molecular weight is 253 g/mol. The van der Waals surface area contributed by atoms with Crippen molar-refractivity contribution in [2.45, 2.75) is 39.2 Å². The lowest BCUT2D eigenvalue weighted by Gasteiger charge is -2.16. The largest absolute Gasteiger partial charge is 0.487 e. The van der Waals surface area contributed by atoms with Gasteiger partial charge in [0.25, 0.3) is 0 Å². The van der Waals surface area contributed by atoms with E-state index < -0.39 is 11.0 Å². The topological polar surface area (TPSA) is 72.6 Å². The van der Waals surface area contributed by atoms with Gasteiger partial charge in [0.05, 0.1) is 17.6 Å². The highest BCUT2D eigenvalue weighted by Crippen LogP contribution is 2.31. The summed E-state index contributed by atoms with van der Waals surface area (Å²) in [5.41, 5.74) is 0.798. The first-order valence-corrected chi connectivity index (χ1v) is 6.06. The average Bonchev–Trinajstić information content (AvgIpc) is 2.34. The first-order valence-electron chi connectivity index (χ1n) is 6.06. The zero-order chi connectivity index (χ0) is 13.7. The van der Waals surface area contributed by atoms with Crippen molar-refractivity contribution in [1.29, 1.82) is 0 Å². The van der Waals surface area contributed by atoms with E-state index in [4.69, 9.17) is 4.74 Å². The van der Waals surface area contributed by atoms with Gasteiger partial charge in [-0.05, 0) is 25.0 Å². The van der Waals surface area contributed by atoms with Crippen LogP contribution in [0.1, 0.15) is 38.7 Å². The molecule has 5 heteroatoms. The van der Waals surface area contributed by atoms with E-state index in [1.165, 1.54) is 6.07 Å². The molecule has 1 N–H and O–H groups in total. The Kier molecular flexibility index (Phi) is 5.09. The minimum atomic E-state index is -0.509. The summed E-state index contributed by atoms with van der Waals surface area (Å²) in [5.74, 6) is 0.182. The Labute approximate surface area is 107 Å². The first kappa shape index (κ1) is 14.4. The predicted molar refractivity (Wildman–Crippen MR) is 69.0 cm³/mol. The molecule has 0 spiro atoms. The van der Waals surface area contributed by atoms with Crippen LogP contribution in [-0.2, 0) is 0 Å². The highest BCUT2D eigenvalue weighted by molar-refractivity contribution is 5.49. The fourth-order valence-corrected chi connectivity index (χ4v) is 1.57. The molecule has 0 aromatic heterocycles. The van der Waals surface area contributed by atoms with E-state index in [1.54, 1.807) is 19.1 Å². The summed E-state index contributed by atoms with van der Waals surface area (Å²) >= 11 is 0. The summed E-state index contributed by atoms with van der Waals surface area (Å²) < 4.78 is 5.39. The highest BCUT2D eigenvalue weighted by atomic mass is 16.6. The van der Waals surface area contributed by atoms with E-state index in [9.17, 15) is 15.2 Å². The van der Waals surface area contributed by atoms with Crippen molar-refractivity contribution in [2.75, 3.05) is 6.61 Å². The Morgan fingerprint density at radius 1 is 1.44 bits per heavy atom. The lowest BCUT2D eigenvalue weighted by molar-refractivity contribution is -0.385. The maximum Gasteiger partial charge on any atom is 0.310 e. The summed E-state index contributed by atoms with van der Waals surface area (Å²) in [7, 11) is 0. The van der Waals surface area contributed by atoms with Gasteiger partial charge in [0.1, 0.15) is 0 Å². The number of nitro groups is 1. The zero-order valence-corrected chi connectivity index (χ0v) is 10.9. The third kappa shape index (κ3) is 3.43. The van der Waals surface area contributed by atoms with Crippen LogP contribution in [0.4, 0.5) is 5.69 Å². The molecule has 0 bridgehead atoms. The summed E-state index contributed by atoms with van der Waals surface area (Å²) in [5, 5.41) is 20.4. The molecule has 1 aromatic carbocycles. The molecule has 0 aliphatic heterocycles.